The smallest absolute Gasteiger partial charge is 0.289 e. The lowest BCUT2D eigenvalue weighted by molar-refractivity contribution is -0.333. The van der Waals surface area contributed by atoms with E-state index >= 15 is 0 Å². The fraction of sp³-hybridized carbons (Fsp3) is 0.615. The Morgan fingerprint density at radius 3 is 2.74 bits per heavy atom. The van der Waals surface area contributed by atoms with Gasteiger partial charge in [-0.05, 0) is 5.92 Å². The lowest BCUT2D eigenvalue weighted by Crippen LogP contribution is -2.60. The fourth-order valence-corrected chi connectivity index (χ4v) is 3.02. The second kappa shape index (κ2) is 5.08. The first kappa shape index (κ1) is 16.0. The lowest BCUT2D eigenvalue weighted by Gasteiger charge is -2.40. The van der Waals surface area contributed by atoms with Crippen LogP contribution >= 0.6 is 0 Å². The predicted octanol–water partition coefficient (Wildman–Crippen LogP) is -2.14. The molecule has 0 aliphatic carbocycles. The molecular formula is C13H18N4O6. The summed E-state index contributed by atoms with van der Waals surface area (Å²) in [5.74, 6) is -3.11. The quantitative estimate of drug-likeness (QED) is 0.428. The molecular weight excluding hydrogens is 308 g/mol. The van der Waals surface area contributed by atoms with Crippen LogP contribution in [0.15, 0.2) is 17.4 Å². The van der Waals surface area contributed by atoms with Gasteiger partial charge in [-0.2, -0.15) is 0 Å². The van der Waals surface area contributed by atoms with Crippen LogP contribution in [-0.4, -0.2) is 64.4 Å². The molecule has 3 rings (SSSR count). The number of hydrogen-bond acceptors (Lipinski definition) is 8. The molecule has 1 aliphatic heterocycles. The Morgan fingerprint density at radius 1 is 1.43 bits per heavy atom. The van der Waals surface area contributed by atoms with Gasteiger partial charge in [0.05, 0.1) is 12.9 Å². The first-order chi connectivity index (χ1) is 10.8. The first-order valence-electron chi connectivity index (χ1n) is 7.10. The van der Waals surface area contributed by atoms with E-state index in [-0.39, 0.29) is 11.2 Å². The number of H-pyrrole nitrogens is 1. The van der Waals surface area contributed by atoms with Crippen LogP contribution in [-0.2, 0) is 10.6 Å². The highest BCUT2D eigenvalue weighted by Gasteiger charge is 2.68. The molecule has 23 heavy (non-hydrogen) atoms. The summed E-state index contributed by atoms with van der Waals surface area (Å²) in [7, 11) is 0. The number of aliphatic hydroxyl groups excluding tert-OH is 2. The Hall–Kier alpha value is -1.85. The van der Waals surface area contributed by atoms with E-state index in [9.17, 15) is 25.2 Å². The van der Waals surface area contributed by atoms with E-state index in [2.05, 4.69) is 15.0 Å². The molecule has 1 aliphatic rings. The van der Waals surface area contributed by atoms with Crippen molar-refractivity contribution in [3.8, 4) is 0 Å². The highest BCUT2D eigenvalue weighted by molar-refractivity contribution is 5.69. The van der Waals surface area contributed by atoms with Gasteiger partial charge in [-0.15, -0.1) is 0 Å². The number of rotatable bonds is 3. The summed E-state index contributed by atoms with van der Waals surface area (Å²) in [5.41, 5.74) is -2.76. The molecule has 1 saturated heterocycles. The van der Waals surface area contributed by atoms with Crippen molar-refractivity contribution < 1.29 is 25.2 Å². The van der Waals surface area contributed by atoms with Crippen molar-refractivity contribution in [2.75, 3.05) is 6.61 Å². The summed E-state index contributed by atoms with van der Waals surface area (Å²) in [6.45, 7) is 2.55. The number of aromatic amines is 1. The minimum atomic E-state index is -2.45. The van der Waals surface area contributed by atoms with Crippen LogP contribution in [0.4, 0.5) is 0 Å². The van der Waals surface area contributed by atoms with Crippen molar-refractivity contribution >= 4 is 11.2 Å². The molecule has 0 aromatic carbocycles. The SMILES string of the molecule is CC(C)[C@@]1(O)[C@H](O)[C@@H](CO)O[C@@]1(O)n1cnc2c(=O)[nH]cnc21. The summed E-state index contributed by atoms with van der Waals surface area (Å²) in [6, 6.07) is 0. The van der Waals surface area contributed by atoms with Gasteiger partial charge in [0.2, 0.25) is 0 Å². The van der Waals surface area contributed by atoms with Gasteiger partial charge in [-0.25, -0.2) is 9.97 Å². The molecule has 126 valence electrons. The molecule has 3 heterocycles. The van der Waals surface area contributed by atoms with Crippen LogP contribution < -0.4 is 5.56 Å². The van der Waals surface area contributed by atoms with Crippen molar-refractivity contribution in [3.63, 3.8) is 0 Å². The normalized spacial score (nSPS) is 34.6. The van der Waals surface area contributed by atoms with Gasteiger partial charge in [-0.3, -0.25) is 9.36 Å². The Labute approximate surface area is 130 Å². The van der Waals surface area contributed by atoms with Crippen LogP contribution in [0.5, 0.6) is 0 Å². The highest BCUT2D eigenvalue weighted by Crippen LogP contribution is 2.46. The molecule has 4 atom stereocenters. The maximum atomic E-state index is 11.7. The van der Waals surface area contributed by atoms with E-state index in [4.69, 9.17) is 4.74 Å². The maximum Gasteiger partial charge on any atom is 0.289 e. The van der Waals surface area contributed by atoms with Crippen molar-refractivity contribution in [1.29, 1.82) is 0 Å². The molecule has 10 heteroatoms. The summed E-state index contributed by atoms with van der Waals surface area (Å²) in [5, 5.41) is 41.6. The largest absolute Gasteiger partial charge is 0.394 e. The van der Waals surface area contributed by atoms with Crippen LogP contribution in [0.2, 0.25) is 0 Å². The topological polar surface area (TPSA) is 154 Å². The Morgan fingerprint density at radius 2 is 2.13 bits per heavy atom. The molecule has 0 spiro atoms. The number of imidazole rings is 1. The van der Waals surface area contributed by atoms with Gasteiger partial charge in [0.15, 0.2) is 16.8 Å². The zero-order valence-electron chi connectivity index (χ0n) is 12.5. The molecule has 0 bridgehead atoms. The third-order valence-electron chi connectivity index (χ3n) is 4.37. The monoisotopic (exact) mass is 326 g/mol. The van der Waals surface area contributed by atoms with E-state index in [0.717, 1.165) is 17.2 Å². The van der Waals surface area contributed by atoms with E-state index in [1.807, 2.05) is 0 Å². The van der Waals surface area contributed by atoms with Gasteiger partial charge >= 0.3 is 0 Å². The van der Waals surface area contributed by atoms with Crippen molar-refractivity contribution in [1.82, 2.24) is 19.5 Å². The molecule has 0 unspecified atom stereocenters. The molecule has 0 amide bonds. The molecule has 2 aromatic rings. The summed E-state index contributed by atoms with van der Waals surface area (Å²) >= 11 is 0. The Bertz CT molecular complexity index is 788. The van der Waals surface area contributed by atoms with Gasteiger partial charge < -0.3 is 30.1 Å². The Kier molecular flexibility index (Phi) is 3.54. The second-order valence-electron chi connectivity index (χ2n) is 5.89. The van der Waals surface area contributed by atoms with E-state index in [1.165, 1.54) is 0 Å². The highest BCUT2D eigenvalue weighted by atomic mass is 16.7. The lowest BCUT2D eigenvalue weighted by atomic mass is 9.81. The average Bonchev–Trinajstić information content (AvgIpc) is 3.03. The fourth-order valence-electron chi connectivity index (χ4n) is 3.02. The zero-order valence-corrected chi connectivity index (χ0v) is 12.5. The van der Waals surface area contributed by atoms with Crippen LogP contribution in [0, 0.1) is 5.92 Å². The van der Waals surface area contributed by atoms with Crippen molar-refractivity contribution in [2.24, 2.45) is 5.92 Å². The second-order valence-corrected chi connectivity index (χ2v) is 5.89. The molecule has 0 saturated carbocycles. The van der Waals surface area contributed by atoms with E-state index < -0.39 is 41.8 Å². The summed E-state index contributed by atoms with van der Waals surface area (Å²) < 4.78 is 6.34. The minimum absolute atomic E-state index is 0.0267. The third-order valence-corrected chi connectivity index (χ3v) is 4.37. The number of ether oxygens (including phenoxy) is 1. The van der Waals surface area contributed by atoms with Gasteiger partial charge in [0, 0.05) is 0 Å². The number of aliphatic hydroxyl groups is 4. The average molecular weight is 326 g/mol. The number of fused-ring (bicyclic) bond motifs is 1. The zero-order chi connectivity index (χ0) is 17.0. The molecule has 1 fully saturated rings. The predicted molar refractivity (Wildman–Crippen MR) is 76.1 cm³/mol. The van der Waals surface area contributed by atoms with Gasteiger partial charge in [0.25, 0.3) is 11.5 Å². The molecule has 5 N–H and O–H groups in total. The van der Waals surface area contributed by atoms with Crippen LogP contribution in [0.3, 0.4) is 0 Å². The van der Waals surface area contributed by atoms with E-state index in [1.54, 1.807) is 13.8 Å². The molecule has 0 radical (unpaired) electrons. The number of nitrogens with zero attached hydrogens (tertiary/aromatic N) is 3. The maximum absolute atomic E-state index is 11.7. The van der Waals surface area contributed by atoms with Gasteiger partial charge in [-0.1, -0.05) is 13.8 Å². The van der Waals surface area contributed by atoms with Crippen LogP contribution in [0.25, 0.3) is 11.2 Å². The van der Waals surface area contributed by atoms with E-state index in [0.29, 0.717) is 0 Å². The van der Waals surface area contributed by atoms with Gasteiger partial charge in [0.1, 0.15) is 18.5 Å². The minimum Gasteiger partial charge on any atom is -0.394 e. The summed E-state index contributed by atoms with van der Waals surface area (Å²) in [4.78, 5) is 21.9. The molecule has 10 nitrogen and oxygen atoms in total. The third kappa shape index (κ3) is 1.90. The van der Waals surface area contributed by atoms with Crippen molar-refractivity contribution in [2.45, 2.75) is 37.6 Å². The molecule has 2 aromatic heterocycles. The number of aromatic nitrogens is 4. The number of nitrogens with one attached hydrogen (secondary N) is 1. The Balaban J connectivity index is 2.26. The number of hydrogen-bond donors (Lipinski definition) is 5. The standard InChI is InChI=1S/C13H18N4O6/c1-6(2)12(21)9(19)7(3-18)23-13(12,22)17-5-16-8-10(17)14-4-15-11(8)20/h4-7,9,18-19,21-22H,3H2,1-2H3,(H,14,15,20)/t7-,9-,12-,13-/m1/s1. The van der Waals surface area contributed by atoms with Crippen LogP contribution in [0.1, 0.15) is 13.8 Å². The summed E-state index contributed by atoms with van der Waals surface area (Å²) in [6.07, 6.45) is -0.564. The van der Waals surface area contributed by atoms with Crippen molar-refractivity contribution in [3.05, 3.63) is 23.0 Å². The first-order valence-corrected chi connectivity index (χ1v) is 7.10.